The van der Waals surface area contributed by atoms with Crippen LogP contribution in [0.5, 0.6) is 0 Å². The third kappa shape index (κ3) is 4.04. The van der Waals surface area contributed by atoms with E-state index in [1.807, 2.05) is 19.3 Å². The number of hydrogen-bond donors (Lipinski definition) is 1. The van der Waals surface area contributed by atoms with Crippen LogP contribution in [-0.4, -0.2) is 42.8 Å². The predicted molar refractivity (Wildman–Crippen MR) is 75.7 cm³/mol. The Labute approximate surface area is 115 Å². The molecule has 1 fully saturated rings. The molecule has 5 nitrogen and oxygen atoms in total. The summed E-state index contributed by atoms with van der Waals surface area (Å²) in [6.07, 6.45) is 3.59. The minimum atomic E-state index is -2.81. The lowest BCUT2D eigenvalue weighted by Crippen LogP contribution is -2.30. The van der Waals surface area contributed by atoms with Crippen LogP contribution in [0.15, 0.2) is 12.3 Å². The van der Waals surface area contributed by atoms with Crippen LogP contribution in [0.4, 0.5) is 0 Å². The van der Waals surface area contributed by atoms with Gasteiger partial charge in [0, 0.05) is 13.2 Å². The molecule has 1 saturated heterocycles. The minimum Gasteiger partial charge on any atom is -0.317 e. The second-order valence-corrected chi connectivity index (χ2v) is 7.64. The first-order valence-electron chi connectivity index (χ1n) is 6.90. The van der Waals surface area contributed by atoms with Crippen LogP contribution >= 0.6 is 0 Å². The number of hydrogen-bond acceptors (Lipinski definition) is 4. The maximum absolute atomic E-state index is 11.6. The van der Waals surface area contributed by atoms with E-state index in [1.165, 1.54) is 0 Å². The minimum absolute atomic E-state index is 0.269. The first-order chi connectivity index (χ1) is 9.00. The van der Waals surface area contributed by atoms with Gasteiger partial charge in [-0.1, -0.05) is 6.92 Å². The Morgan fingerprint density at radius 1 is 1.58 bits per heavy atom. The van der Waals surface area contributed by atoms with Gasteiger partial charge in [-0.25, -0.2) is 8.42 Å². The fourth-order valence-corrected chi connectivity index (χ4v) is 4.69. The average Bonchev–Trinajstić information content (AvgIpc) is 2.90. The lowest BCUT2D eigenvalue weighted by molar-refractivity contribution is 0.343. The fourth-order valence-electron chi connectivity index (χ4n) is 2.77. The van der Waals surface area contributed by atoms with Crippen LogP contribution in [0, 0.1) is 11.8 Å². The van der Waals surface area contributed by atoms with Crippen molar-refractivity contribution < 1.29 is 8.42 Å². The molecule has 0 radical (unpaired) electrons. The summed E-state index contributed by atoms with van der Waals surface area (Å²) in [5.74, 6) is 1.32. The first-order valence-corrected chi connectivity index (χ1v) is 8.72. The highest BCUT2D eigenvalue weighted by molar-refractivity contribution is 7.91. The summed E-state index contributed by atoms with van der Waals surface area (Å²) in [6, 6.07) is 2.02. The SMILES string of the molecule is CCNCC(Cc1ccn(C)n1)C1CCS(=O)(=O)C1. The number of nitrogens with one attached hydrogen (secondary N) is 1. The van der Waals surface area contributed by atoms with Gasteiger partial charge in [0.05, 0.1) is 17.2 Å². The van der Waals surface area contributed by atoms with Crippen LogP contribution in [0.1, 0.15) is 19.0 Å². The van der Waals surface area contributed by atoms with Gasteiger partial charge in [-0.05, 0) is 43.8 Å². The molecule has 0 saturated carbocycles. The number of sulfone groups is 1. The van der Waals surface area contributed by atoms with Crippen molar-refractivity contribution >= 4 is 9.84 Å². The number of nitrogens with zero attached hydrogens (tertiary/aromatic N) is 2. The van der Waals surface area contributed by atoms with Gasteiger partial charge in [-0.3, -0.25) is 4.68 Å². The van der Waals surface area contributed by atoms with Crippen molar-refractivity contribution in [2.75, 3.05) is 24.6 Å². The van der Waals surface area contributed by atoms with Crippen LogP contribution < -0.4 is 5.32 Å². The van der Waals surface area contributed by atoms with E-state index >= 15 is 0 Å². The lowest BCUT2D eigenvalue weighted by Gasteiger charge is -2.22. The quantitative estimate of drug-likeness (QED) is 0.832. The van der Waals surface area contributed by atoms with Crippen molar-refractivity contribution in [3.63, 3.8) is 0 Å². The van der Waals surface area contributed by atoms with Crippen LogP contribution in [-0.2, 0) is 23.3 Å². The molecule has 2 unspecified atom stereocenters. The van der Waals surface area contributed by atoms with Crippen LogP contribution in [0.25, 0.3) is 0 Å². The molecule has 0 aliphatic carbocycles. The Morgan fingerprint density at radius 3 is 2.89 bits per heavy atom. The topological polar surface area (TPSA) is 64.0 Å². The summed E-state index contributed by atoms with van der Waals surface area (Å²) in [6.45, 7) is 3.86. The van der Waals surface area contributed by atoms with Crippen molar-refractivity contribution in [2.24, 2.45) is 18.9 Å². The molecule has 19 heavy (non-hydrogen) atoms. The van der Waals surface area contributed by atoms with E-state index in [-0.39, 0.29) is 5.92 Å². The smallest absolute Gasteiger partial charge is 0.150 e. The van der Waals surface area contributed by atoms with Crippen molar-refractivity contribution in [3.05, 3.63) is 18.0 Å². The van der Waals surface area contributed by atoms with E-state index in [0.29, 0.717) is 17.4 Å². The molecule has 1 aliphatic heterocycles. The molecular formula is C13H23N3O2S. The molecule has 2 rings (SSSR count). The monoisotopic (exact) mass is 285 g/mol. The van der Waals surface area contributed by atoms with Crippen LogP contribution in [0.3, 0.4) is 0 Å². The summed E-state index contributed by atoms with van der Waals surface area (Å²) in [7, 11) is -0.900. The van der Waals surface area contributed by atoms with E-state index in [9.17, 15) is 8.42 Å². The lowest BCUT2D eigenvalue weighted by atomic mass is 9.88. The molecule has 1 aromatic rings. The molecule has 2 atom stereocenters. The zero-order valence-electron chi connectivity index (χ0n) is 11.7. The second-order valence-electron chi connectivity index (χ2n) is 5.42. The summed E-state index contributed by atoms with van der Waals surface area (Å²) in [5, 5.41) is 7.76. The summed E-state index contributed by atoms with van der Waals surface area (Å²) < 4.78 is 25.1. The van der Waals surface area contributed by atoms with E-state index in [1.54, 1.807) is 4.68 Å². The summed E-state index contributed by atoms with van der Waals surface area (Å²) in [5.41, 5.74) is 1.05. The van der Waals surface area contributed by atoms with E-state index in [0.717, 1.165) is 31.6 Å². The van der Waals surface area contributed by atoms with Crippen molar-refractivity contribution in [1.82, 2.24) is 15.1 Å². The van der Waals surface area contributed by atoms with E-state index in [2.05, 4.69) is 17.3 Å². The van der Waals surface area contributed by atoms with Gasteiger partial charge in [-0.2, -0.15) is 5.10 Å². The summed E-state index contributed by atoms with van der Waals surface area (Å²) in [4.78, 5) is 0. The van der Waals surface area contributed by atoms with Gasteiger partial charge in [0.1, 0.15) is 0 Å². The number of rotatable bonds is 6. The second kappa shape index (κ2) is 6.05. The highest BCUT2D eigenvalue weighted by Gasteiger charge is 2.33. The Hall–Kier alpha value is -0.880. The van der Waals surface area contributed by atoms with Gasteiger partial charge in [-0.15, -0.1) is 0 Å². The molecule has 0 aromatic carbocycles. The van der Waals surface area contributed by atoms with Gasteiger partial charge in [0.15, 0.2) is 9.84 Å². The molecule has 6 heteroatoms. The van der Waals surface area contributed by atoms with Crippen molar-refractivity contribution in [2.45, 2.75) is 19.8 Å². The van der Waals surface area contributed by atoms with Gasteiger partial charge in [0.2, 0.25) is 0 Å². The highest BCUT2D eigenvalue weighted by atomic mass is 32.2. The maximum atomic E-state index is 11.6. The highest BCUT2D eigenvalue weighted by Crippen LogP contribution is 2.28. The summed E-state index contributed by atoms with van der Waals surface area (Å²) >= 11 is 0. The Balaban J connectivity index is 2.03. The fraction of sp³-hybridized carbons (Fsp3) is 0.769. The van der Waals surface area contributed by atoms with Gasteiger partial charge < -0.3 is 5.32 Å². The van der Waals surface area contributed by atoms with Crippen molar-refractivity contribution in [1.29, 1.82) is 0 Å². The van der Waals surface area contributed by atoms with Gasteiger partial charge in [0.25, 0.3) is 0 Å². The van der Waals surface area contributed by atoms with E-state index in [4.69, 9.17) is 0 Å². The molecule has 1 aliphatic rings. The van der Waals surface area contributed by atoms with Gasteiger partial charge >= 0.3 is 0 Å². The van der Waals surface area contributed by atoms with E-state index < -0.39 is 9.84 Å². The normalized spacial score (nSPS) is 23.6. The standard InChI is InChI=1S/C13H23N3O2S/c1-3-14-9-12(8-13-4-6-16(2)15-13)11-5-7-19(17,18)10-11/h4,6,11-12,14H,3,5,7-10H2,1-2H3. The maximum Gasteiger partial charge on any atom is 0.150 e. The average molecular weight is 285 g/mol. The first kappa shape index (κ1) is 14.5. The molecular weight excluding hydrogens is 262 g/mol. The number of aromatic nitrogens is 2. The predicted octanol–water partition coefficient (Wildman–Crippen LogP) is 0.623. The molecule has 2 heterocycles. The molecule has 1 N–H and O–H groups in total. The molecule has 0 amide bonds. The zero-order chi connectivity index (χ0) is 13.9. The Bertz CT molecular complexity index is 510. The molecule has 0 bridgehead atoms. The zero-order valence-corrected chi connectivity index (χ0v) is 12.5. The molecule has 0 spiro atoms. The van der Waals surface area contributed by atoms with Crippen LogP contribution in [0.2, 0.25) is 0 Å². The third-order valence-corrected chi connectivity index (χ3v) is 5.62. The molecule has 1 aromatic heterocycles. The Kier molecular flexibility index (Phi) is 4.62. The third-order valence-electron chi connectivity index (χ3n) is 3.83. The largest absolute Gasteiger partial charge is 0.317 e. The van der Waals surface area contributed by atoms with Crippen molar-refractivity contribution in [3.8, 4) is 0 Å². The Morgan fingerprint density at radius 2 is 2.37 bits per heavy atom. The number of aryl methyl sites for hydroxylation is 1. The molecule has 108 valence electrons.